The third kappa shape index (κ3) is 3.99. The highest BCUT2D eigenvalue weighted by molar-refractivity contribution is 5.95. The molecule has 0 saturated carbocycles. The van der Waals surface area contributed by atoms with Crippen LogP contribution in [-0.2, 0) is 11.3 Å². The van der Waals surface area contributed by atoms with Crippen LogP contribution in [0.5, 0.6) is 0 Å². The number of hydrogen-bond donors (Lipinski definition) is 2. The first-order valence-electron chi connectivity index (χ1n) is 9.44. The minimum absolute atomic E-state index is 0.0000999. The van der Waals surface area contributed by atoms with Crippen LogP contribution < -0.4 is 10.6 Å². The Hall–Kier alpha value is -2.93. The number of cyclic esters (lactones) is 1. The van der Waals surface area contributed by atoms with Gasteiger partial charge in [-0.2, -0.15) is 0 Å². The first-order valence-corrected chi connectivity index (χ1v) is 9.44. The molecule has 6 nitrogen and oxygen atoms in total. The van der Waals surface area contributed by atoms with Crippen molar-refractivity contribution in [3.05, 3.63) is 65.0 Å². The molecule has 0 bridgehead atoms. The van der Waals surface area contributed by atoms with Crippen molar-refractivity contribution in [1.29, 1.82) is 0 Å². The predicted molar refractivity (Wildman–Crippen MR) is 103 cm³/mol. The molecule has 0 aliphatic carbocycles. The molecule has 1 fully saturated rings. The monoisotopic (exact) mass is 383 g/mol. The van der Waals surface area contributed by atoms with Crippen LogP contribution >= 0.6 is 0 Å². The molecule has 2 aromatic carbocycles. The van der Waals surface area contributed by atoms with Crippen molar-refractivity contribution >= 4 is 17.7 Å². The normalized spacial score (nSPS) is 17.1. The van der Waals surface area contributed by atoms with E-state index in [-0.39, 0.29) is 30.5 Å². The van der Waals surface area contributed by atoms with Crippen molar-refractivity contribution in [2.75, 3.05) is 25.0 Å². The van der Waals surface area contributed by atoms with Crippen LogP contribution in [0.3, 0.4) is 0 Å². The minimum atomic E-state index is -0.334. The molecule has 146 valence electrons. The molecule has 2 aliphatic rings. The molecule has 0 radical (unpaired) electrons. The molecule has 1 atom stereocenters. The third-order valence-corrected chi connectivity index (χ3v) is 5.23. The summed E-state index contributed by atoms with van der Waals surface area (Å²) in [7, 11) is 0. The van der Waals surface area contributed by atoms with Crippen LogP contribution in [0.25, 0.3) is 0 Å². The number of carbonyl (C=O) groups is 2. The molecular formula is C21H22FN3O3. The van der Waals surface area contributed by atoms with Crippen molar-refractivity contribution in [1.82, 2.24) is 10.2 Å². The molecule has 2 amide bonds. The lowest BCUT2D eigenvalue weighted by atomic mass is 10.1. The van der Waals surface area contributed by atoms with Gasteiger partial charge in [-0.1, -0.05) is 12.1 Å². The Kier molecular flexibility index (Phi) is 5.25. The van der Waals surface area contributed by atoms with Gasteiger partial charge in [0.15, 0.2) is 0 Å². The van der Waals surface area contributed by atoms with Crippen molar-refractivity contribution in [3.63, 3.8) is 0 Å². The summed E-state index contributed by atoms with van der Waals surface area (Å²) in [5.41, 5.74) is 2.89. The molecule has 2 N–H and O–H groups in total. The SMILES string of the molecule is O=C(NC[C@H](c1ccc(F)cc1)N1CCCC1)Nc1ccc2c(c1)COC2=O. The predicted octanol–water partition coefficient (Wildman–Crippen LogP) is 3.45. The molecule has 2 heterocycles. The van der Waals surface area contributed by atoms with E-state index in [0.717, 1.165) is 37.1 Å². The molecule has 28 heavy (non-hydrogen) atoms. The van der Waals surface area contributed by atoms with Crippen molar-refractivity contribution in [2.24, 2.45) is 0 Å². The lowest BCUT2D eigenvalue weighted by molar-refractivity contribution is 0.0535. The second-order valence-electron chi connectivity index (χ2n) is 7.09. The number of likely N-dealkylation sites (tertiary alicyclic amines) is 1. The lowest BCUT2D eigenvalue weighted by Crippen LogP contribution is -2.38. The van der Waals surface area contributed by atoms with Gasteiger partial charge >= 0.3 is 12.0 Å². The third-order valence-electron chi connectivity index (χ3n) is 5.23. The van der Waals surface area contributed by atoms with E-state index in [1.54, 1.807) is 30.3 Å². The fourth-order valence-electron chi connectivity index (χ4n) is 3.77. The zero-order valence-electron chi connectivity index (χ0n) is 15.4. The van der Waals surface area contributed by atoms with E-state index in [9.17, 15) is 14.0 Å². The van der Waals surface area contributed by atoms with E-state index >= 15 is 0 Å². The molecule has 4 rings (SSSR count). The average molecular weight is 383 g/mol. The van der Waals surface area contributed by atoms with E-state index < -0.39 is 0 Å². The average Bonchev–Trinajstić information content (AvgIpc) is 3.34. The maximum Gasteiger partial charge on any atom is 0.338 e. The van der Waals surface area contributed by atoms with Crippen molar-refractivity contribution < 1.29 is 18.7 Å². The second-order valence-corrected chi connectivity index (χ2v) is 7.09. The number of urea groups is 1. The molecule has 0 unspecified atom stereocenters. The van der Waals surface area contributed by atoms with Crippen LogP contribution in [0.2, 0.25) is 0 Å². The summed E-state index contributed by atoms with van der Waals surface area (Å²) >= 11 is 0. The maximum absolute atomic E-state index is 13.3. The molecule has 2 aliphatic heterocycles. The van der Waals surface area contributed by atoms with Crippen LogP contribution in [0.4, 0.5) is 14.9 Å². The smallest absolute Gasteiger partial charge is 0.338 e. The van der Waals surface area contributed by atoms with Gasteiger partial charge in [0.2, 0.25) is 0 Å². The van der Waals surface area contributed by atoms with Gasteiger partial charge in [0, 0.05) is 17.8 Å². The van der Waals surface area contributed by atoms with Gasteiger partial charge in [-0.3, -0.25) is 4.90 Å². The first-order chi connectivity index (χ1) is 13.6. The van der Waals surface area contributed by atoms with Crippen molar-refractivity contribution in [3.8, 4) is 0 Å². The summed E-state index contributed by atoms with van der Waals surface area (Å²) in [6, 6.07) is 11.2. The van der Waals surface area contributed by atoms with Gasteiger partial charge in [0.1, 0.15) is 12.4 Å². The summed E-state index contributed by atoms with van der Waals surface area (Å²) < 4.78 is 18.3. The molecular weight excluding hydrogens is 361 g/mol. The van der Waals surface area contributed by atoms with E-state index in [1.165, 1.54) is 12.1 Å². The molecule has 0 aromatic heterocycles. The Bertz CT molecular complexity index is 879. The highest BCUT2D eigenvalue weighted by atomic mass is 19.1. The largest absolute Gasteiger partial charge is 0.457 e. The van der Waals surface area contributed by atoms with E-state index in [0.29, 0.717) is 17.8 Å². The van der Waals surface area contributed by atoms with Crippen molar-refractivity contribution in [2.45, 2.75) is 25.5 Å². The van der Waals surface area contributed by atoms with Gasteiger partial charge in [-0.05, 0) is 61.8 Å². The van der Waals surface area contributed by atoms with Crippen LogP contribution in [-0.4, -0.2) is 36.5 Å². The van der Waals surface area contributed by atoms with Gasteiger partial charge in [-0.15, -0.1) is 0 Å². The number of hydrogen-bond acceptors (Lipinski definition) is 4. The second kappa shape index (κ2) is 7.98. The Balaban J connectivity index is 1.40. The minimum Gasteiger partial charge on any atom is -0.457 e. The lowest BCUT2D eigenvalue weighted by Gasteiger charge is -2.28. The number of anilines is 1. The van der Waals surface area contributed by atoms with Gasteiger partial charge < -0.3 is 15.4 Å². The Morgan fingerprint density at radius 2 is 1.89 bits per heavy atom. The maximum atomic E-state index is 13.3. The van der Waals surface area contributed by atoms with E-state index in [1.807, 2.05) is 0 Å². The summed E-state index contributed by atoms with van der Waals surface area (Å²) in [6.45, 7) is 2.57. The van der Waals surface area contributed by atoms with E-state index in [2.05, 4.69) is 15.5 Å². The fourth-order valence-corrected chi connectivity index (χ4v) is 3.77. The number of rotatable bonds is 5. The molecule has 7 heteroatoms. The number of esters is 1. The quantitative estimate of drug-likeness (QED) is 0.776. The Morgan fingerprint density at radius 3 is 2.64 bits per heavy atom. The standard InChI is InChI=1S/C21H22FN3O3/c22-16-5-3-14(4-6-16)19(25-9-1-2-10-25)12-23-21(27)24-17-7-8-18-15(11-17)13-28-20(18)26/h3-8,11,19H,1-2,9-10,12-13H2,(H2,23,24,27)/t19-/m1/s1. The zero-order valence-corrected chi connectivity index (χ0v) is 15.4. The highest BCUT2D eigenvalue weighted by Crippen LogP contribution is 2.25. The zero-order chi connectivity index (χ0) is 19.5. The van der Waals surface area contributed by atoms with Gasteiger partial charge in [0.05, 0.1) is 11.6 Å². The summed E-state index contributed by atoms with van der Waals surface area (Å²) in [6.07, 6.45) is 2.25. The fraction of sp³-hybridized carbons (Fsp3) is 0.333. The summed E-state index contributed by atoms with van der Waals surface area (Å²) in [4.78, 5) is 26.2. The number of nitrogens with zero attached hydrogens (tertiary/aromatic N) is 1. The number of halogens is 1. The van der Waals surface area contributed by atoms with E-state index in [4.69, 9.17) is 4.74 Å². The Morgan fingerprint density at radius 1 is 1.14 bits per heavy atom. The van der Waals surface area contributed by atoms with Crippen LogP contribution in [0.1, 0.15) is 40.4 Å². The number of fused-ring (bicyclic) bond motifs is 1. The number of carbonyl (C=O) groups excluding carboxylic acids is 2. The number of ether oxygens (including phenoxy) is 1. The summed E-state index contributed by atoms with van der Waals surface area (Å²) in [5, 5.41) is 5.71. The van der Waals surface area contributed by atoms with Gasteiger partial charge in [-0.25, -0.2) is 14.0 Å². The van der Waals surface area contributed by atoms with Crippen LogP contribution in [0.15, 0.2) is 42.5 Å². The number of nitrogens with one attached hydrogen (secondary N) is 2. The molecule has 0 spiro atoms. The number of amides is 2. The van der Waals surface area contributed by atoms with Gasteiger partial charge in [0.25, 0.3) is 0 Å². The molecule has 1 saturated heterocycles. The topological polar surface area (TPSA) is 70.7 Å². The summed E-state index contributed by atoms with van der Waals surface area (Å²) in [5.74, 6) is -0.604. The number of benzene rings is 2. The Labute approximate surface area is 162 Å². The first kappa shape index (κ1) is 18.4. The molecule has 2 aromatic rings. The highest BCUT2D eigenvalue weighted by Gasteiger charge is 2.24. The van der Waals surface area contributed by atoms with Crippen LogP contribution in [0, 0.1) is 5.82 Å².